The maximum Gasteiger partial charge on any atom is 0.160 e. The van der Waals surface area contributed by atoms with Gasteiger partial charge in [0.2, 0.25) is 0 Å². The highest BCUT2D eigenvalue weighted by molar-refractivity contribution is 7.25. The molecule has 2 aromatic heterocycles. The SMILES string of the molecule is c1ccc(-c2nc(-c3ccc(-c4ccc5c(c4)C(c4ccccc4)(c4ccccc4)c4ccccc4-5)cc3)cc(-c3ccc4c(c3)sc3ccccc34)n2)cc1. The van der Waals surface area contributed by atoms with Crippen LogP contribution in [0.4, 0.5) is 0 Å². The second kappa shape index (κ2) is 13.1. The van der Waals surface area contributed by atoms with E-state index < -0.39 is 5.41 Å². The Balaban J connectivity index is 1.02. The van der Waals surface area contributed by atoms with Crippen LogP contribution in [0.25, 0.3) is 76.3 Å². The molecule has 3 heteroatoms. The first-order valence-corrected chi connectivity index (χ1v) is 19.9. The number of nitrogens with zero attached hydrogens (tertiary/aromatic N) is 2. The third kappa shape index (κ3) is 5.16. The smallest absolute Gasteiger partial charge is 0.160 e. The van der Waals surface area contributed by atoms with Gasteiger partial charge in [0.05, 0.1) is 16.8 Å². The maximum absolute atomic E-state index is 5.15. The van der Waals surface area contributed by atoms with E-state index in [-0.39, 0.29) is 0 Å². The summed E-state index contributed by atoms with van der Waals surface area (Å²) in [6.45, 7) is 0. The summed E-state index contributed by atoms with van der Waals surface area (Å²) in [6.07, 6.45) is 0. The van der Waals surface area contributed by atoms with Gasteiger partial charge in [-0.15, -0.1) is 11.3 Å². The molecule has 0 saturated carbocycles. The molecule has 1 aliphatic rings. The van der Waals surface area contributed by atoms with Gasteiger partial charge in [0.1, 0.15) is 0 Å². The molecule has 0 radical (unpaired) electrons. The second-order valence-corrected chi connectivity index (χ2v) is 15.6. The van der Waals surface area contributed by atoms with Crippen molar-refractivity contribution in [2.75, 3.05) is 0 Å². The van der Waals surface area contributed by atoms with Crippen LogP contribution in [0.1, 0.15) is 22.3 Å². The molecule has 0 aliphatic heterocycles. The Morgan fingerprint density at radius 1 is 0.339 bits per heavy atom. The van der Waals surface area contributed by atoms with Gasteiger partial charge in [-0.05, 0) is 68.8 Å². The van der Waals surface area contributed by atoms with Crippen LogP contribution in [0.5, 0.6) is 0 Å². The van der Waals surface area contributed by atoms with E-state index in [0.29, 0.717) is 0 Å². The lowest BCUT2D eigenvalue weighted by atomic mass is 9.67. The summed E-state index contributed by atoms with van der Waals surface area (Å²) < 4.78 is 2.56. The minimum Gasteiger partial charge on any atom is -0.228 e. The minimum atomic E-state index is -0.436. The first-order chi connectivity index (χ1) is 27.7. The molecule has 0 bridgehead atoms. The fourth-order valence-corrected chi connectivity index (χ4v) is 9.95. The molecule has 0 spiro atoms. The summed E-state index contributed by atoms with van der Waals surface area (Å²) in [5.41, 5.74) is 14.6. The van der Waals surface area contributed by atoms with E-state index in [2.05, 4.69) is 188 Å². The molecule has 10 aromatic rings. The molecule has 56 heavy (non-hydrogen) atoms. The fraction of sp³-hybridized carbons (Fsp3) is 0.0189. The van der Waals surface area contributed by atoms with Gasteiger partial charge in [0.15, 0.2) is 5.82 Å². The van der Waals surface area contributed by atoms with E-state index in [1.54, 1.807) is 0 Å². The first kappa shape index (κ1) is 32.5. The molecule has 0 fully saturated rings. The van der Waals surface area contributed by atoms with E-state index >= 15 is 0 Å². The Bertz CT molecular complexity index is 3020. The van der Waals surface area contributed by atoms with Crippen LogP contribution in [0.15, 0.2) is 206 Å². The van der Waals surface area contributed by atoms with E-state index in [1.165, 1.54) is 59.1 Å². The second-order valence-electron chi connectivity index (χ2n) is 14.5. The third-order valence-electron chi connectivity index (χ3n) is 11.4. The van der Waals surface area contributed by atoms with Crippen LogP contribution in [0.2, 0.25) is 0 Å². The van der Waals surface area contributed by atoms with Gasteiger partial charge in [-0.3, -0.25) is 0 Å². The molecule has 8 aromatic carbocycles. The number of rotatable bonds is 6. The molecule has 0 unspecified atom stereocenters. The molecule has 11 rings (SSSR count). The van der Waals surface area contributed by atoms with Crippen molar-refractivity contribution in [1.82, 2.24) is 9.97 Å². The average Bonchev–Trinajstić information content (AvgIpc) is 3.80. The number of aromatic nitrogens is 2. The molecule has 262 valence electrons. The van der Waals surface area contributed by atoms with Gasteiger partial charge in [-0.25, -0.2) is 9.97 Å². The van der Waals surface area contributed by atoms with E-state index in [1.807, 2.05) is 29.5 Å². The molecule has 2 nitrogen and oxygen atoms in total. The summed E-state index contributed by atoms with van der Waals surface area (Å²) in [5.74, 6) is 0.718. The van der Waals surface area contributed by atoms with Gasteiger partial charge in [0.25, 0.3) is 0 Å². The van der Waals surface area contributed by atoms with E-state index in [9.17, 15) is 0 Å². The van der Waals surface area contributed by atoms with Crippen molar-refractivity contribution in [3.05, 3.63) is 229 Å². The summed E-state index contributed by atoms with van der Waals surface area (Å²) in [7, 11) is 0. The van der Waals surface area contributed by atoms with Crippen LogP contribution in [0.3, 0.4) is 0 Å². The number of hydrogen-bond donors (Lipinski definition) is 0. The van der Waals surface area contributed by atoms with Gasteiger partial charge in [-0.2, -0.15) is 0 Å². The van der Waals surface area contributed by atoms with Crippen LogP contribution in [0, 0.1) is 0 Å². The number of thiophene rings is 1. The minimum absolute atomic E-state index is 0.436. The zero-order valence-electron chi connectivity index (χ0n) is 30.4. The Hall–Kier alpha value is -6.94. The summed E-state index contributed by atoms with van der Waals surface area (Å²) in [4.78, 5) is 10.3. The van der Waals surface area contributed by atoms with Gasteiger partial charge < -0.3 is 0 Å². The molecule has 0 N–H and O–H groups in total. The number of hydrogen-bond acceptors (Lipinski definition) is 3. The first-order valence-electron chi connectivity index (χ1n) is 19.1. The van der Waals surface area contributed by atoms with Crippen LogP contribution >= 0.6 is 11.3 Å². The third-order valence-corrected chi connectivity index (χ3v) is 12.5. The van der Waals surface area contributed by atoms with Crippen molar-refractivity contribution in [1.29, 1.82) is 0 Å². The van der Waals surface area contributed by atoms with Crippen LogP contribution < -0.4 is 0 Å². The lowest BCUT2D eigenvalue weighted by Crippen LogP contribution is -2.28. The molecule has 1 aliphatic carbocycles. The highest BCUT2D eigenvalue weighted by Gasteiger charge is 2.46. The average molecular weight is 731 g/mol. The van der Waals surface area contributed by atoms with Crippen molar-refractivity contribution in [2.24, 2.45) is 0 Å². The zero-order valence-corrected chi connectivity index (χ0v) is 31.2. The fourth-order valence-electron chi connectivity index (χ4n) is 8.80. The summed E-state index contributed by atoms with van der Waals surface area (Å²) in [6, 6.07) is 74.5. The van der Waals surface area contributed by atoms with Crippen LogP contribution in [-0.2, 0) is 5.41 Å². The molecular weight excluding hydrogens is 697 g/mol. The maximum atomic E-state index is 5.15. The van der Waals surface area contributed by atoms with E-state index in [4.69, 9.17) is 9.97 Å². The number of fused-ring (bicyclic) bond motifs is 6. The Morgan fingerprint density at radius 3 is 1.64 bits per heavy atom. The summed E-state index contributed by atoms with van der Waals surface area (Å²) >= 11 is 1.83. The lowest BCUT2D eigenvalue weighted by molar-refractivity contribution is 0.769. The highest BCUT2D eigenvalue weighted by Crippen LogP contribution is 2.56. The zero-order chi connectivity index (χ0) is 37.1. The molecule has 0 amide bonds. The van der Waals surface area contributed by atoms with Crippen molar-refractivity contribution >= 4 is 31.5 Å². The van der Waals surface area contributed by atoms with Crippen molar-refractivity contribution in [2.45, 2.75) is 5.41 Å². The van der Waals surface area contributed by atoms with Gasteiger partial charge >= 0.3 is 0 Å². The largest absolute Gasteiger partial charge is 0.228 e. The molecular formula is C53H34N2S. The molecule has 0 atom stereocenters. The molecule has 0 saturated heterocycles. The van der Waals surface area contributed by atoms with Gasteiger partial charge in [-0.1, -0.05) is 182 Å². The predicted octanol–water partition coefficient (Wildman–Crippen LogP) is 13.9. The van der Waals surface area contributed by atoms with Crippen LogP contribution in [-0.4, -0.2) is 9.97 Å². The Labute approximate surface area is 330 Å². The van der Waals surface area contributed by atoms with Crippen molar-refractivity contribution in [3.8, 4) is 56.2 Å². The normalized spacial score (nSPS) is 12.8. The summed E-state index contributed by atoms with van der Waals surface area (Å²) in [5, 5.41) is 2.58. The van der Waals surface area contributed by atoms with Gasteiger partial charge in [0, 0.05) is 36.9 Å². The Morgan fingerprint density at radius 2 is 0.893 bits per heavy atom. The standard InChI is InChI=1S/C53H34N2S/c1-4-14-37(15-5-1)52-54-48(34-49(55-52)39-29-31-45-44-21-11-13-23-50(44)56-51(45)33-39)36-26-24-35(25-27-36)38-28-30-43-42-20-10-12-22-46(42)53(47(43)32-38,40-16-6-2-7-17-40)41-18-8-3-9-19-41/h1-34H. The number of benzene rings is 8. The topological polar surface area (TPSA) is 25.8 Å². The predicted molar refractivity (Wildman–Crippen MR) is 234 cm³/mol. The van der Waals surface area contributed by atoms with Crippen molar-refractivity contribution < 1.29 is 0 Å². The van der Waals surface area contributed by atoms with Crippen molar-refractivity contribution in [3.63, 3.8) is 0 Å². The monoisotopic (exact) mass is 730 g/mol. The quantitative estimate of drug-likeness (QED) is 0.170. The highest BCUT2D eigenvalue weighted by atomic mass is 32.1. The lowest BCUT2D eigenvalue weighted by Gasteiger charge is -2.34. The Kier molecular flexibility index (Phi) is 7.61. The molecule has 2 heterocycles. The van der Waals surface area contributed by atoms with E-state index in [0.717, 1.165) is 39.5 Å².